The van der Waals surface area contributed by atoms with Gasteiger partial charge in [-0.2, -0.15) is 0 Å². The van der Waals surface area contributed by atoms with E-state index >= 15 is 0 Å². The van der Waals surface area contributed by atoms with Gasteiger partial charge in [0.2, 0.25) is 5.88 Å². The summed E-state index contributed by atoms with van der Waals surface area (Å²) in [5, 5.41) is 0. The number of halogens is 1. The topological polar surface area (TPSA) is 39.7 Å². The first kappa shape index (κ1) is 16.2. The van der Waals surface area contributed by atoms with Gasteiger partial charge in [-0.25, -0.2) is 9.87 Å². The molecule has 0 saturated carbocycles. The Balaban J connectivity index is 1.42. The molecule has 1 N–H and O–H groups in total. The highest BCUT2D eigenvalue weighted by molar-refractivity contribution is 5.35. The van der Waals surface area contributed by atoms with Crippen LogP contribution >= 0.6 is 0 Å². The molecule has 0 radical (unpaired) electrons. The molecule has 0 aromatic heterocycles. The van der Waals surface area contributed by atoms with Gasteiger partial charge in [-0.15, -0.1) is 0 Å². The summed E-state index contributed by atoms with van der Waals surface area (Å²) in [6, 6.07) is 23.1. The fourth-order valence-electron chi connectivity index (χ4n) is 2.55. The largest absolute Gasteiger partial charge is 0.457 e. The Morgan fingerprint density at radius 2 is 1.50 bits per heavy atom. The number of nitrogens with one attached hydrogen (secondary N) is 1. The average molecular weight is 349 g/mol. The van der Waals surface area contributed by atoms with Gasteiger partial charge in [-0.3, -0.25) is 4.84 Å². The summed E-state index contributed by atoms with van der Waals surface area (Å²) in [5.74, 6) is 1.99. The number of rotatable bonds is 5. The maximum Gasteiger partial charge on any atom is 0.216 e. The Hall–Kier alpha value is -3.31. The van der Waals surface area contributed by atoms with Crippen molar-refractivity contribution in [3.05, 3.63) is 102 Å². The molecule has 3 aromatic carbocycles. The average Bonchev–Trinajstić information content (AvgIpc) is 3.12. The smallest absolute Gasteiger partial charge is 0.216 e. The SMILES string of the molecule is Fc1cccc(OC2=C[C@@H](c3ccc(Oc4ccccc4)cc3)ON2)c1. The summed E-state index contributed by atoms with van der Waals surface area (Å²) < 4.78 is 24.6. The molecule has 0 bridgehead atoms. The molecule has 0 unspecified atom stereocenters. The summed E-state index contributed by atoms with van der Waals surface area (Å²) >= 11 is 0. The third-order valence-electron chi connectivity index (χ3n) is 3.80. The summed E-state index contributed by atoms with van der Waals surface area (Å²) in [6.07, 6.45) is 1.49. The number of benzene rings is 3. The Bertz CT molecular complexity index is 910. The molecular weight excluding hydrogens is 333 g/mol. The summed E-state index contributed by atoms with van der Waals surface area (Å²) in [6.45, 7) is 0. The van der Waals surface area contributed by atoms with E-state index in [0.717, 1.165) is 17.1 Å². The van der Waals surface area contributed by atoms with Gasteiger partial charge in [0, 0.05) is 12.1 Å². The van der Waals surface area contributed by atoms with Crippen molar-refractivity contribution < 1.29 is 18.7 Å². The Kier molecular flexibility index (Phi) is 4.53. The lowest BCUT2D eigenvalue weighted by Crippen LogP contribution is -2.12. The van der Waals surface area contributed by atoms with Crippen molar-refractivity contribution in [1.29, 1.82) is 0 Å². The second kappa shape index (κ2) is 7.29. The van der Waals surface area contributed by atoms with E-state index in [1.165, 1.54) is 12.1 Å². The van der Waals surface area contributed by atoms with Crippen molar-refractivity contribution >= 4 is 0 Å². The third kappa shape index (κ3) is 3.84. The molecule has 1 aliphatic rings. The van der Waals surface area contributed by atoms with Crippen LogP contribution in [0.5, 0.6) is 17.2 Å². The van der Waals surface area contributed by atoms with E-state index in [1.54, 1.807) is 18.2 Å². The van der Waals surface area contributed by atoms with Gasteiger partial charge in [0.1, 0.15) is 29.2 Å². The molecule has 0 amide bonds. The lowest BCUT2D eigenvalue weighted by molar-refractivity contribution is 0.0273. The highest BCUT2D eigenvalue weighted by Crippen LogP contribution is 2.28. The predicted molar refractivity (Wildman–Crippen MR) is 95.0 cm³/mol. The molecule has 0 aliphatic carbocycles. The van der Waals surface area contributed by atoms with Crippen LogP contribution < -0.4 is 15.0 Å². The molecule has 0 saturated heterocycles. The maximum absolute atomic E-state index is 13.2. The van der Waals surface area contributed by atoms with Crippen molar-refractivity contribution in [2.45, 2.75) is 6.10 Å². The van der Waals surface area contributed by atoms with E-state index in [-0.39, 0.29) is 11.9 Å². The minimum absolute atomic E-state index is 0.302. The van der Waals surface area contributed by atoms with Crippen LogP contribution in [0.4, 0.5) is 4.39 Å². The molecule has 26 heavy (non-hydrogen) atoms. The van der Waals surface area contributed by atoms with E-state index in [9.17, 15) is 4.39 Å². The Morgan fingerprint density at radius 1 is 0.769 bits per heavy atom. The number of hydrogen-bond acceptors (Lipinski definition) is 4. The van der Waals surface area contributed by atoms with Gasteiger partial charge >= 0.3 is 0 Å². The highest BCUT2D eigenvalue weighted by Gasteiger charge is 2.20. The van der Waals surface area contributed by atoms with Gasteiger partial charge in [-0.05, 0) is 42.0 Å². The van der Waals surface area contributed by atoms with Crippen molar-refractivity contribution in [3.63, 3.8) is 0 Å². The van der Waals surface area contributed by atoms with Crippen LogP contribution in [-0.4, -0.2) is 0 Å². The molecule has 3 aromatic rings. The molecule has 5 heteroatoms. The second-order valence-corrected chi connectivity index (χ2v) is 5.72. The molecule has 1 aliphatic heterocycles. The van der Waals surface area contributed by atoms with Gasteiger partial charge < -0.3 is 9.47 Å². The third-order valence-corrected chi connectivity index (χ3v) is 3.80. The summed E-state index contributed by atoms with van der Waals surface area (Å²) in [5.41, 5.74) is 3.65. The second-order valence-electron chi connectivity index (χ2n) is 5.72. The van der Waals surface area contributed by atoms with Crippen LogP contribution in [0.15, 0.2) is 90.8 Å². The predicted octanol–water partition coefficient (Wildman–Crippen LogP) is 5.11. The lowest BCUT2D eigenvalue weighted by Gasteiger charge is -2.09. The van der Waals surface area contributed by atoms with Crippen molar-refractivity contribution in [2.75, 3.05) is 0 Å². The first-order valence-electron chi connectivity index (χ1n) is 8.16. The zero-order chi connectivity index (χ0) is 17.8. The first-order valence-corrected chi connectivity index (χ1v) is 8.16. The fourth-order valence-corrected chi connectivity index (χ4v) is 2.55. The van der Waals surface area contributed by atoms with Crippen LogP contribution in [0.1, 0.15) is 11.7 Å². The minimum Gasteiger partial charge on any atom is -0.457 e. The lowest BCUT2D eigenvalue weighted by atomic mass is 10.1. The van der Waals surface area contributed by atoms with E-state index in [0.29, 0.717) is 11.6 Å². The summed E-state index contributed by atoms with van der Waals surface area (Å²) in [7, 11) is 0. The van der Waals surface area contributed by atoms with Gasteiger partial charge in [0.25, 0.3) is 0 Å². The zero-order valence-corrected chi connectivity index (χ0v) is 13.8. The Labute approximate surface area is 150 Å². The monoisotopic (exact) mass is 349 g/mol. The van der Waals surface area contributed by atoms with E-state index in [4.69, 9.17) is 14.3 Å². The van der Waals surface area contributed by atoms with Gasteiger partial charge in [-0.1, -0.05) is 36.4 Å². The molecule has 1 heterocycles. The number of ether oxygens (including phenoxy) is 2. The molecule has 4 rings (SSSR count). The molecule has 130 valence electrons. The van der Waals surface area contributed by atoms with E-state index in [2.05, 4.69) is 5.48 Å². The van der Waals surface area contributed by atoms with Crippen LogP contribution in [0.25, 0.3) is 0 Å². The van der Waals surface area contributed by atoms with Crippen LogP contribution in [-0.2, 0) is 4.84 Å². The summed E-state index contributed by atoms with van der Waals surface area (Å²) in [4.78, 5) is 5.51. The van der Waals surface area contributed by atoms with Crippen molar-refractivity contribution in [2.24, 2.45) is 0 Å². The standard InChI is InChI=1S/C21H16FNO3/c22-16-5-4-8-19(13-16)25-21-14-20(26-23-21)15-9-11-18(12-10-15)24-17-6-2-1-3-7-17/h1-14,20,23H/t20-/m0/s1. The van der Waals surface area contributed by atoms with Crippen LogP contribution in [0.3, 0.4) is 0 Å². The quantitative estimate of drug-likeness (QED) is 0.694. The first-order chi connectivity index (χ1) is 12.8. The molecule has 0 fully saturated rings. The van der Waals surface area contributed by atoms with Gasteiger partial charge in [0.05, 0.1) is 0 Å². The number of para-hydroxylation sites is 1. The van der Waals surface area contributed by atoms with Crippen molar-refractivity contribution in [3.8, 4) is 17.2 Å². The molecular formula is C21H16FNO3. The maximum atomic E-state index is 13.2. The number of hydroxylamine groups is 1. The van der Waals surface area contributed by atoms with E-state index < -0.39 is 0 Å². The van der Waals surface area contributed by atoms with Crippen LogP contribution in [0.2, 0.25) is 0 Å². The molecule has 1 atom stereocenters. The number of hydrogen-bond donors (Lipinski definition) is 1. The molecule has 4 nitrogen and oxygen atoms in total. The Morgan fingerprint density at radius 3 is 2.27 bits per heavy atom. The van der Waals surface area contributed by atoms with Crippen molar-refractivity contribution in [1.82, 2.24) is 5.48 Å². The fraction of sp³-hybridized carbons (Fsp3) is 0.0476. The highest BCUT2D eigenvalue weighted by atomic mass is 19.1. The van der Waals surface area contributed by atoms with E-state index in [1.807, 2.05) is 54.6 Å². The zero-order valence-electron chi connectivity index (χ0n) is 13.8. The van der Waals surface area contributed by atoms with Crippen LogP contribution in [0, 0.1) is 5.82 Å². The minimum atomic E-state index is -0.354. The van der Waals surface area contributed by atoms with Gasteiger partial charge in [0.15, 0.2) is 0 Å². The molecule has 0 spiro atoms. The normalized spacial score (nSPS) is 15.9.